The molecule has 0 fully saturated rings. The highest BCUT2D eigenvalue weighted by Gasteiger charge is 2.21. The fraction of sp³-hybridized carbons (Fsp3) is 0.267. The van der Waals surface area contributed by atoms with Gasteiger partial charge in [-0.3, -0.25) is 4.79 Å². The number of rotatable bonds is 5. The number of aryl methyl sites for hydroxylation is 1. The molecular weight excluding hydrogens is 291 g/mol. The molecule has 1 N–H and O–H groups in total. The maximum atomic E-state index is 12.8. The average molecular weight is 306 g/mol. The standard InChI is InChI=1S/C15H15FN2O4/c1-9-7-13(22-18-9)15(20)21-10(2)14(19)17-8-11-3-5-12(16)6-4-11/h3-7,10H,8H2,1-2H3,(H,17,19)/t10-/m0/s1. The first-order chi connectivity index (χ1) is 10.5. The van der Waals surface area contributed by atoms with E-state index in [4.69, 9.17) is 9.26 Å². The van der Waals surface area contributed by atoms with Gasteiger partial charge in [0.1, 0.15) is 5.82 Å². The van der Waals surface area contributed by atoms with Gasteiger partial charge in [-0.05, 0) is 31.5 Å². The quantitative estimate of drug-likeness (QED) is 0.854. The van der Waals surface area contributed by atoms with Crippen LogP contribution in [0.25, 0.3) is 0 Å². The molecular formula is C15H15FN2O4. The highest BCUT2D eigenvalue weighted by molar-refractivity contribution is 5.89. The molecule has 116 valence electrons. The molecule has 2 rings (SSSR count). The van der Waals surface area contributed by atoms with Crippen molar-refractivity contribution in [3.05, 3.63) is 53.2 Å². The Morgan fingerprint density at radius 1 is 1.36 bits per heavy atom. The maximum Gasteiger partial charge on any atom is 0.377 e. The van der Waals surface area contributed by atoms with Crippen LogP contribution in [0, 0.1) is 12.7 Å². The summed E-state index contributed by atoms with van der Waals surface area (Å²) in [6, 6.07) is 7.15. The van der Waals surface area contributed by atoms with E-state index >= 15 is 0 Å². The van der Waals surface area contributed by atoms with Gasteiger partial charge in [-0.25, -0.2) is 9.18 Å². The second-order valence-corrected chi connectivity index (χ2v) is 4.72. The summed E-state index contributed by atoms with van der Waals surface area (Å²) in [5.74, 6) is -1.63. The summed E-state index contributed by atoms with van der Waals surface area (Å²) >= 11 is 0. The number of carbonyl (C=O) groups is 2. The summed E-state index contributed by atoms with van der Waals surface area (Å²) in [6.45, 7) is 3.32. The molecule has 0 bridgehead atoms. The number of esters is 1. The van der Waals surface area contributed by atoms with Crippen molar-refractivity contribution in [1.82, 2.24) is 10.5 Å². The first kappa shape index (κ1) is 15.7. The molecule has 0 aliphatic rings. The van der Waals surface area contributed by atoms with Crippen LogP contribution in [0.3, 0.4) is 0 Å². The van der Waals surface area contributed by atoms with Gasteiger partial charge in [-0.15, -0.1) is 0 Å². The number of hydrogen-bond acceptors (Lipinski definition) is 5. The normalized spacial score (nSPS) is 11.8. The molecule has 1 aromatic carbocycles. The number of halogens is 1. The summed E-state index contributed by atoms with van der Waals surface area (Å²) in [5, 5.41) is 6.16. The van der Waals surface area contributed by atoms with Crippen molar-refractivity contribution in [3.63, 3.8) is 0 Å². The van der Waals surface area contributed by atoms with E-state index in [1.165, 1.54) is 25.1 Å². The van der Waals surface area contributed by atoms with Crippen molar-refractivity contribution in [1.29, 1.82) is 0 Å². The SMILES string of the molecule is Cc1cc(C(=O)O[C@@H](C)C(=O)NCc2ccc(F)cc2)on1. The molecule has 0 unspecified atom stereocenters. The van der Waals surface area contributed by atoms with E-state index in [1.807, 2.05) is 0 Å². The van der Waals surface area contributed by atoms with Crippen LogP contribution in [0.4, 0.5) is 4.39 Å². The van der Waals surface area contributed by atoms with Gasteiger partial charge in [0.05, 0.1) is 5.69 Å². The predicted molar refractivity (Wildman–Crippen MR) is 74.4 cm³/mol. The summed E-state index contributed by atoms with van der Waals surface area (Å²) in [5.41, 5.74) is 1.28. The number of benzene rings is 1. The van der Waals surface area contributed by atoms with Crippen molar-refractivity contribution in [2.75, 3.05) is 0 Å². The lowest BCUT2D eigenvalue weighted by atomic mass is 10.2. The molecule has 0 aliphatic heterocycles. The zero-order valence-corrected chi connectivity index (χ0v) is 12.1. The second-order valence-electron chi connectivity index (χ2n) is 4.72. The Morgan fingerprint density at radius 2 is 2.05 bits per heavy atom. The fourth-order valence-electron chi connectivity index (χ4n) is 1.67. The van der Waals surface area contributed by atoms with Gasteiger partial charge >= 0.3 is 5.97 Å². The number of ether oxygens (including phenoxy) is 1. The molecule has 0 spiro atoms. The summed E-state index contributed by atoms with van der Waals surface area (Å²) in [4.78, 5) is 23.6. The van der Waals surface area contributed by atoms with Gasteiger partial charge in [0.15, 0.2) is 6.10 Å². The Morgan fingerprint density at radius 3 is 2.64 bits per heavy atom. The molecule has 6 nitrogen and oxygen atoms in total. The number of nitrogens with zero attached hydrogens (tertiary/aromatic N) is 1. The Bertz CT molecular complexity index is 666. The number of nitrogens with one attached hydrogen (secondary N) is 1. The van der Waals surface area contributed by atoms with Crippen LogP contribution in [-0.4, -0.2) is 23.1 Å². The third kappa shape index (κ3) is 4.15. The van der Waals surface area contributed by atoms with E-state index in [1.54, 1.807) is 19.1 Å². The Hall–Kier alpha value is -2.70. The zero-order chi connectivity index (χ0) is 16.1. The first-order valence-electron chi connectivity index (χ1n) is 6.62. The molecule has 22 heavy (non-hydrogen) atoms. The number of amides is 1. The van der Waals surface area contributed by atoms with E-state index in [-0.39, 0.29) is 18.1 Å². The van der Waals surface area contributed by atoms with Gasteiger partial charge in [0, 0.05) is 12.6 Å². The van der Waals surface area contributed by atoms with E-state index < -0.39 is 18.0 Å². The fourth-order valence-corrected chi connectivity index (χ4v) is 1.67. The molecule has 2 aromatic rings. The minimum absolute atomic E-state index is 0.0596. The summed E-state index contributed by atoms with van der Waals surface area (Å²) in [7, 11) is 0. The lowest BCUT2D eigenvalue weighted by molar-refractivity contribution is -0.129. The number of hydrogen-bond donors (Lipinski definition) is 1. The maximum absolute atomic E-state index is 12.8. The van der Waals surface area contributed by atoms with Crippen LogP contribution in [0.5, 0.6) is 0 Å². The van der Waals surface area contributed by atoms with Gasteiger partial charge in [-0.1, -0.05) is 17.3 Å². The highest BCUT2D eigenvalue weighted by atomic mass is 19.1. The van der Waals surface area contributed by atoms with Crippen LogP contribution >= 0.6 is 0 Å². The lowest BCUT2D eigenvalue weighted by Gasteiger charge is -2.12. The topological polar surface area (TPSA) is 81.4 Å². The minimum Gasteiger partial charge on any atom is -0.447 e. The Labute approximate surface area is 126 Å². The van der Waals surface area contributed by atoms with Gasteiger partial charge < -0.3 is 14.6 Å². The highest BCUT2D eigenvalue weighted by Crippen LogP contribution is 2.07. The van der Waals surface area contributed by atoms with Crippen LogP contribution < -0.4 is 5.32 Å². The van der Waals surface area contributed by atoms with Crippen LogP contribution in [0.2, 0.25) is 0 Å². The van der Waals surface area contributed by atoms with Crippen molar-refractivity contribution in [3.8, 4) is 0 Å². The van der Waals surface area contributed by atoms with Gasteiger partial charge in [-0.2, -0.15) is 0 Å². The van der Waals surface area contributed by atoms with Crippen molar-refractivity contribution < 1.29 is 23.2 Å². The van der Waals surface area contributed by atoms with Crippen LogP contribution in [0.15, 0.2) is 34.9 Å². The molecule has 7 heteroatoms. The molecule has 1 atom stereocenters. The third-order valence-corrected chi connectivity index (χ3v) is 2.86. The lowest BCUT2D eigenvalue weighted by Crippen LogP contribution is -2.35. The largest absolute Gasteiger partial charge is 0.447 e. The van der Waals surface area contributed by atoms with Crippen molar-refractivity contribution in [2.45, 2.75) is 26.5 Å². The van der Waals surface area contributed by atoms with Gasteiger partial charge in [0.2, 0.25) is 5.76 Å². The van der Waals surface area contributed by atoms with E-state index in [9.17, 15) is 14.0 Å². The molecule has 0 saturated carbocycles. The number of aromatic nitrogens is 1. The average Bonchev–Trinajstić information content (AvgIpc) is 2.93. The molecule has 0 radical (unpaired) electrons. The summed E-state index contributed by atoms with van der Waals surface area (Å²) < 4.78 is 22.5. The van der Waals surface area contributed by atoms with Gasteiger partial charge in [0.25, 0.3) is 5.91 Å². The summed E-state index contributed by atoms with van der Waals surface area (Å²) in [6.07, 6.45) is -0.988. The Kier molecular flexibility index (Phi) is 4.88. The zero-order valence-electron chi connectivity index (χ0n) is 12.1. The molecule has 0 saturated heterocycles. The van der Waals surface area contributed by atoms with E-state index in [0.29, 0.717) is 5.69 Å². The molecule has 1 heterocycles. The second kappa shape index (κ2) is 6.84. The molecule has 1 amide bonds. The first-order valence-corrected chi connectivity index (χ1v) is 6.62. The van der Waals surface area contributed by atoms with Crippen molar-refractivity contribution in [2.24, 2.45) is 0 Å². The van der Waals surface area contributed by atoms with Crippen molar-refractivity contribution >= 4 is 11.9 Å². The minimum atomic E-state index is -0.988. The molecule has 1 aromatic heterocycles. The Balaban J connectivity index is 1.84. The molecule has 0 aliphatic carbocycles. The van der Waals surface area contributed by atoms with Crippen LogP contribution in [0.1, 0.15) is 28.7 Å². The van der Waals surface area contributed by atoms with Crippen LogP contribution in [-0.2, 0) is 16.1 Å². The number of carbonyl (C=O) groups excluding carboxylic acids is 2. The third-order valence-electron chi connectivity index (χ3n) is 2.86. The predicted octanol–water partition coefficient (Wildman–Crippen LogP) is 1.98. The van der Waals surface area contributed by atoms with E-state index in [0.717, 1.165) is 5.56 Å². The smallest absolute Gasteiger partial charge is 0.377 e. The monoisotopic (exact) mass is 306 g/mol. The van der Waals surface area contributed by atoms with E-state index in [2.05, 4.69) is 10.5 Å².